The predicted octanol–water partition coefficient (Wildman–Crippen LogP) is 3.17. The van der Waals surface area contributed by atoms with E-state index in [2.05, 4.69) is 0 Å². The van der Waals surface area contributed by atoms with Crippen LogP contribution in [0.25, 0.3) is 0 Å². The van der Waals surface area contributed by atoms with E-state index in [1.807, 2.05) is 57.8 Å². The fraction of sp³-hybridized carbons (Fsp3) is 0.167. The number of hydrogen-bond acceptors (Lipinski definition) is 1. The van der Waals surface area contributed by atoms with Crippen LogP contribution in [-0.2, 0) is 20.8 Å². The van der Waals surface area contributed by atoms with Gasteiger partial charge in [-0.1, -0.05) is 0 Å². The van der Waals surface area contributed by atoms with Crippen LogP contribution in [0.4, 0.5) is 0 Å². The van der Waals surface area contributed by atoms with Gasteiger partial charge in [-0.3, -0.25) is 0 Å². The van der Waals surface area contributed by atoms with Crippen LogP contribution in [0.2, 0.25) is 0 Å². The van der Waals surface area contributed by atoms with E-state index in [9.17, 15) is 0 Å². The van der Waals surface area contributed by atoms with E-state index in [4.69, 9.17) is 22.1 Å². The molecule has 0 aromatic carbocycles. The molecule has 0 amide bonds. The molecule has 16 heavy (non-hydrogen) atoms. The average molecular weight is 336 g/mol. The molecule has 0 bridgehead atoms. The number of rotatable bonds is 2. The second-order valence-electron chi connectivity index (χ2n) is 2.80. The van der Waals surface area contributed by atoms with Crippen molar-refractivity contribution >= 4 is 17.0 Å². The first kappa shape index (κ1) is 17.4. The summed E-state index contributed by atoms with van der Waals surface area (Å²) in [5, 5.41) is 8.44. The van der Waals surface area contributed by atoms with Gasteiger partial charge in [0.25, 0.3) is 0 Å². The van der Waals surface area contributed by atoms with E-state index in [-0.39, 0.29) is 6.61 Å². The van der Waals surface area contributed by atoms with Crippen molar-refractivity contribution in [3.63, 3.8) is 0 Å². The number of aliphatic hydroxyl groups is 1. The molecule has 2 aliphatic carbocycles. The molecule has 1 N–H and O–H groups in total. The first-order valence-electron chi connectivity index (χ1n) is 4.79. The van der Waals surface area contributed by atoms with E-state index in [1.165, 1.54) is 5.92 Å². The summed E-state index contributed by atoms with van der Waals surface area (Å²) >= 11 is -0.826. The molecule has 2 rings (SSSR count). The second-order valence-corrected chi connectivity index (χ2v) is 6.53. The topological polar surface area (TPSA) is 20.2 Å². The maximum atomic E-state index is 8.44. The molecular weight excluding hydrogens is 322 g/mol. The molecular formula is C12H14Cl2OZr+2. The molecule has 0 atom stereocenters. The van der Waals surface area contributed by atoms with Crippen LogP contribution in [0.1, 0.15) is 6.42 Å². The first-order valence-corrected chi connectivity index (χ1v) is 11.1. The van der Waals surface area contributed by atoms with Crippen molar-refractivity contribution < 1.29 is 26.0 Å². The normalized spacial score (nSPS) is 19.2. The Hall–Kier alpha value is 1.42. The molecule has 10 radical (unpaired) electrons. The van der Waals surface area contributed by atoms with E-state index in [0.29, 0.717) is 0 Å². The molecule has 0 spiro atoms. The SMILES string of the molecule is OCC[C]1[CH][CH][CH][CH]1.[CH]1[CH][CH][CH][CH]1.[Cl][Zr+2][Cl]. The van der Waals surface area contributed by atoms with Gasteiger partial charge >= 0.3 is 37.9 Å². The fourth-order valence-electron chi connectivity index (χ4n) is 1.03. The number of hydrogen-bond donors (Lipinski definition) is 1. The summed E-state index contributed by atoms with van der Waals surface area (Å²) < 4.78 is 0. The first-order chi connectivity index (χ1) is 7.85. The van der Waals surface area contributed by atoms with Crippen LogP contribution >= 0.6 is 17.0 Å². The third kappa shape index (κ3) is 11.9. The van der Waals surface area contributed by atoms with Gasteiger partial charge in [-0.05, 0) is 70.1 Å². The third-order valence-electron chi connectivity index (χ3n) is 1.69. The standard InChI is InChI=1S/C7H9O.C5H5.2ClH.Zr/c8-6-5-7-3-1-2-4-7;1-2-4-5-3-1;;;/h1-4,8H,5-6H2;1-5H;2*1H;/q;;;;+4/p-2. The van der Waals surface area contributed by atoms with Gasteiger partial charge in [0, 0.05) is 6.61 Å². The molecule has 0 aliphatic heterocycles. The summed E-state index contributed by atoms with van der Waals surface area (Å²) in [6.07, 6.45) is 18.8. The molecule has 0 aromatic heterocycles. The Bertz CT molecular complexity index is 119. The van der Waals surface area contributed by atoms with Crippen molar-refractivity contribution in [2.24, 2.45) is 0 Å². The van der Waals surface area contributed by atoms with Crippen LogP contribution in [0.3, 0.4) is 0 Å². The Kier molecular flexibility index (Phi) is 15.8. The van der Waals surface area contributed by atoms with Gasteiger partial charge in [0.1, 0.15) is 0 Å². The molecule has 2 aliphatic rings. The zero-order valence-corrected chi connectivity index (χ0v) is 12.8. The molecule has 0 saturated heterocycles. The van der Waals surface area contributed by atoms with Gasteiger partial charge < -0.3 is 5.11 Å². The molecule has 0 heterocycles. The number of halogens is 2. The Morgan fingerprint density at radius 2 is 1.25 bits per heavy atom. The second kappa shape index (κ2) is 14.5. The van der Waals surface area contributed by atoms with Crippen molar-refractivity contribution in [3.8, 4) is 0 Å². The van der Waals surface area contributed by atoms with Gasteiger partial charge in [-0.2, -0.15) is 0 Å². The fourth-order valence-corrected chi connectivity index (χ4v) is 1.03. The Labute approximate surface area is 119 Å². The van der Waals surface area contributed by atoms with Gasteiger partial charge in [0.05, 0.1) is 0 Å². The zero-order valence-electron chi connectivity index (χ0n) is 8.81. The molecule has 0 unspecified atom stereocenters. The maximum absolute atomic E-state index is 8.44. The van der Waals surface area contributed by atoms with Crippen molar-refractivity contribution in [3.05, 3.63) is 63.7 Å². The summed E-state index contributed by atoms with van der Waals surface area (Å²) in [4.78, 5) is 0. The van der Waals surface area contributed by atoms with E-state index in [1.54, 1.807) is 0 Å². The van der Waals surface area contributed by atoms with Crippen LogP contribution < -0.4 is 0 Å². The summed E-state index contributed by atoms with van der Waals surface area (Å²) in [5.74, 6) is 1.22. The molecule has 0 aromatic rings. The van der Waals surface area contributed by atoms with Crippen LogP contribution in [0.15, 0.2) is 0 Å². The van der Waals surface area contributed by atoms with Crippen LogP contribution in [0.5, 0.6) is 0 Å². The molecule has 1 nitrogen and oxygen atoms in total. The monoisotopic (exact) mass is 334 g/mol. The zero-order chi connectivity index (χ0) is 12.1. The quantitative estimate of drug-likeness (QED) is 0.821. The Balaban J connectivity index is 0.000000241. The average Bonchev–Trinajstić information content (AvgIpc) is 2.95. The van der Waals surface area contributed by atoms with Crippen LogP contribution in [0, 0.1) is 63.7 Å². The van der Waals surface area contributed by atoms with Crippen molar-refractivity contribution in [1.29, 1.82) is 0 Å². The molecule has 2 fully saturated rings. The van der Waals surface area contributed by atoms with Gasteiger partial charge in [0.2, 0.25) is 0 Å². The summed E-state index contributed by atoms with van der Waals surface area (Å²) in [5.41, 5.74) is 0. The third-order valence-corrected chi connectivity index (χ3v) is 1.69. The summed E-state index contributed by atoms with van der Waals surface area (Å²) in [7, 11) is 9.87. The van der Waals surface area contributed by atoms with Gasteiger partial charge in [0.15, 0.2) is 0 Å². The van der Waals surface area contributed by atoms with Crippen LogP contribution in [-0.4, -0.2) is 11.7 Å². The molecule has 84 valence electrons. The summed E-state index contributed by atoms with van der Waals surface area (Å²) in [6.45, 7) is 0.254. The summed E-state index contributed by atoms with van der Waals surface area (Å²) in [6, 6.07) is 0. The molecule has 2 saturated carbocycles. The van der Waals surface area contributed by atoms with Crippen molar-refractivity contribution in [2.45, 2.75) is 6.42 Å². The van der Waals surface area contributed by atoms with Gasteiger partial charge in [-0.25, -0.2) is 0 Å². The Morgan fingerprint density at radius 3 is 1.56 bits per heavy atom. The number of aliphatic hydroxyl groups excluding tert-OH is 1. The van der Waals surface area contributed by atoms with E-state index >= 15 is 0 Å². The van der Waals surface area contributed by atoms with E-state index in [0.717, 1.165) is 6.42 Å². The molecule has 4 heteroatoms. The Morgan fingerprint density at radius 1 is 0.875 bits per heavy atom. The van der Waals surface area contributed by atoms with Gasteiger partial charge in [-0.15, -0.1) is 0 Å². The van der Waals surface area contributed by atoms with E-state index < -0.39 is 20.8 Å². The minimum atomic E-state index is -0.826. The minimum absolute atomic E-state index is 0.254. The predicted molar refractivity (Wildman–Crippen MR) is 65.4 cm³/mol. The van der Waals surface area contributed by atoms with Crippen molar-refractivity contribution in [2.75, 3.05) is 6.61 Å². The van der Waals surface area contributed by atoms with Crippen molar-refractivity contribution in [1.82, 2.24) is 0 Å².